The third-order valence-corrected chi connectivity index (χ3v) is 3.84. The molecule has 0 aliphatic rings. The second kappa shape index (κ2) is 5.50. The van der Waals surface area contributed by atoms with Crippen LogP contribution >= 0.6 is 27.5 Å². The molecule has 0 unspecified atom stereocenters. The van der Waals surface area contributed by atoms with E-state index >= 15 is 0 Å². The lowest BCUT2D eigenvalue weighted by Gasteiger charge is -2.09. The van der Waals surface area contributed by atoms with E-state index < -0.39 is 5.82 Å². The van der Waals surface area contributed by atoms with Crippen LogP contribution in [0.4, 0.5) is 4.39 Å². The number of hydrogen-bond donors (Lipinski definition) is 1. The maximum atomic E-state index is 13.0. The number of fused-ring (bicyclic) bond motifs is 1. The number of rotatable bonds is 2. The molecule has 106 valence electrons. The van der Waals surface area contributed by atoms with Crippen molar-refractivity contribution >= 4 is 38.3 Å². The molecule has 0 bridgehead atoms. The topological polar surface area (TPSA) is 42.4 Å². The highest BCUT2D eigenvalue weighted by Crippen LogP contribution is 2.35. The van der Waals surface area contributed by atoms with Crippen molar-refractivity contribution in [2.24, 2.45) is 0 Å². The molecule has 0 fully saturated rings. The minimum absolute atomic E-state index is 0.0829. The Balaban J connectivity index is 2.03. The molecule has 0 saturated heterocycles. The van der Waals surface area contributed by atoms with Crippen molar-refractivity contribution in [3.8, 4) is 17.2 Å². The molecule has 0 aliphatic heterocycles. The summed E-state index contributed by atoms with van der Waals surface area (Å²) in [5.74, 6) is 0.507. The Morgan fingerprint density at radius 2 is 1.95 bits per heavy atom. The summed E-state index contributed by atoms with van der Waals surface area (Å²) in [6.07, 6.45) is 1.36. The molecule has 0 aliphatic carbocycles. The lowest BCUT2D eigenvalue weighted by Crippen LogP contribution is -1.88. The van der Waals surface area contributed by atoms with Crippen LogP contribution in [0.3, 0.4) is 0 Å². The van der Waals surface area contributed by atoms with Gasteiger partial charge in [0.2, 0.25) is 0 Å². The molecule has 1 heterocycles. The largest absolute Gasteiger partial charge is 0.506 e. The highest BCUT2D eigenvalue weighted by atomic mass is 79.9. The molecule has 2 aromatic carbocycles. The number of ether oxygens (including phenoxy) is 1. The van der Waals surface area contributed by atoms with E-state index in [0.29, 0.717) is 26.9 Å². The van der Waals surface area contributed by atoms with Crippen LogP contribution in [0.1, 0.15) is 0 Å². The molecule has 3 rings (SSSR count). The van der Waals surface area contributed by atoms with Gasteiger partial charge in [0.15, 0.2) is 0 Å². The summed E-state index contributed by atoms with van der Waals surface area (Å²) in [4.78, 5) is 4.02. The van der Waals surface area contributed by atoms with Crippen molar-refractivity contribution in [1.82, 2.24) is 4.98 Å². The van der Waals surface area contributed by atoms with Gasteiger partial charge in [0.25, 0.3) is 0 Å². The first-order valence-corrected chi connectivity index (χ1v) is 7.12. The Labute approximate surface area is 133 Å². The van der Waals surface area contributed by atoms with Gasteiger partial charge in [-0.25, -0.2) is 9.37 Å². The molecule has 3 aromatic rings. The zero-order valence-corrected chi connectivity index (χ0v) is 12.8. The number of pyridine rings is 1. The first-order chi connectivity index (χ1) is 10.0. The smallest absolute Gasteiger partial charge is 0.146 e. The normalized spacial score (nSPS) is 10.8. The van der Waals surface area contributed by atoms with Gasteiger partial charge in [-0.1, -0.05) is 11.6 Å². The summed E-state index contributed by atoms with van der Waals surface area (Å²) >= 11 is 9.25. The van der Waals surface area contributed by atoms with Crippen LogP contribution in [0.25, 0.3) is 10.8 Å². The third kappa shape index (κ3) is 2.80. The second-order valence-electron chi connectivity index (χ2n) is 4.32. The first kappa shape index (κ1) is 14.1. The predicted octanol–water partition coefficient (Wildman–Crippen LogP) is 5.29. The zero-order chi connectivity index (χ0) is 15.0. The quantitative estimate of drug-likeness (QED) is 0.625. The maximum absolute atomic E-state index is 13.0. The number of hydrogen-bond acceptors (Lipinski definition) is 3. The van der Waals surface area contributed by atoms with Crippen molar-refractivity contribution in [3.63, 3.8) is 0 Å². The third-order valence-electron chi connectivity index (χ3n) is 2.91. The van der Waals surface area contributed by atoms with E-state index in [0.717, 1.165) is 0 Å². The van der Waals surface area contributed by atoms with Crippen LogP contribution in [0.15, 0.2) is 47.2 Å². The van der Waals surface area contributed by atoms with Gasteiger partial charge in [-0.2, -0.15) is 0 Å². The van der Waals surface area contributed by atoms with Crippen LogP contribution in [0.5, 0.6) is 17.2 Å². The van der Waals surface area contributed by atoms with Gasteiger partial charge < -0.3 is 9.84 Å². The Morgan fingerprint density at radius 3 is 2.71 bits per heavy atom. The summed E-state index contributed by atoms with van der Waals surface area (Å²) in [6, 6.07) is 9.02. The van der Waals surface area contributed by atoms with Crippen LogP contribution in [-0.4, -0.2) is 10.1 Å². The molecule has 6 heteroatoms. The maximum Gasteiger partial charge on any atom is 0.146 e. The minimum Gasteiger partial charge on any atom is -0.506 e. The van der Waals surface area contributed by atoms with E-state index in [2.05, 4.69) is 20.9 Å². The second-order valence-corrected chi connectivity index (χ2v) is 5.48. The number of aromatic nitrogens is 1. The summed E-state index contributed by atoms with van der Waals surface area (Å²) in [6.45, 7) is 0. The van der Waals surface area contributed by atoms with E-state index in [9.17, 15) is 9.50 Å². The fraction of sp³-hybridized carbons (Fsp3) is 0. The number of halogens is 3. The molecule has 0 radical (unpaired) electrons. The Bertz CT molecular complexity index is 841. The van der Waals surface area contributed by atoms with E-state index in [1.54, 1.807) is 18.2 Å². The van der Waals surface area contributed by atoms with Crippen molar-refractivity contribution < 1.29 is 14.2 Å². The highest BCUT2D eigenvalue weighted by molar-refractivity contribution is 9.10. The molecule has 0 spiro atoms. The van der Waals surface area contributed by atoms with Crippen LogP contribution in [-0.2, 0) is 0 Å². The summed E-state index contributed by atoms with van der Waals surface area (Å²) in [5, 5.41) is 11.3. The van der Waals surface area contributed by atoms with E-state index in [4.69, 9.17) is 16.3 Å². The number of nitrogens with zero attached hydrogens (tertiary/aromatic N) is 1. The predicted molar refractivity (Wildman–Crippen MR) is 82.6 cm³/mol. The first-order valence-electron chi connectivity index (χ1n) is 5.95. The van der Waals surface area contributed by atoms with Crippen LogP contribution in [0, 0.1) is 5.82 Å². The van der Waals surface area contributed by atoms with Gasteiger partial charge in [-0.15, -0.1) is 0 Å². The Kier molecular flexibility index (Phi) is 3.69. The molecule has 0 amide bonds. The van der Waals surface area contributed by atoms with Gasteiger partial charge in [0.1, 0.15) is 27.7 Å². The summed E-state index contributed by atoms with van der Waals surface area (Å²) < 4.78 is 19.2. The molecular weight excluding hydrogens is 361 g/mol. The monoisotopic (exact) mass is 367 g/mol. The molecule has 1 N–H and O–H groups in total. The van der Waals surface area contributed by atoms with Crippen molar-refractivity contribution in [1.29, 1.82) is 0 Å². The highest BCUT2D eigenvalue weighted by Gasteiger charge is 2.09. The Hall–Kier alpha value is -1.85. The fourth-order valence-electron chi connectivity index (χ4n) is 1.92. The molecule has 0 atom stereocenters. The van der Waals surface area contributed by atoms with Gasteiger partial charge in [-0.05, 0) is 52.3 Å². The zero-order valence-electron chi connectivity index (χ0n) is 10.5. The van der Waals surface area contributed by atoms with E-state index in [1.807, 2.05) is 0 Å². The molecule has 3 nitrogen and oxygen atoms in total. The lowest BCUT2D eigenvalue weighted by atomic mass is 10.1. The fourth-order valence-corrected chi connectivity index (χ4v) is 2.56. The van der Waals surface area contributed by atoms with Gasteiger partial charge in [-0.3, -0.25) is 0 Å². The van der Waals surface area contributed by atoms with E-state index in [1.165, 1.54) is 24.4 Å². The SMILES string of the molecule is Oc1cnc(Br)c2cc(Oc3ccc(F)cc3Cl)ccc12. The van der Waals surface area contributed by atoms with Gasteiger partial charge in [0.05, 0.1) is 11.2 Å². The average molecular weight is 369 g/mol. The molecular formula is C15H8BrClFNO2. The lowest BCUT2D eigenvalue weighted by molar-refractivity contribution is 0.477. The average Bonchev–Trinajstić information content (AvgIpc) is 2.46. The van der Waals surface area contributed by atoms with Crippen molar-refractivity contribution in [2.75, 3.05) is 0 Å². The summed E-state index contributed by atoms with van der Waals surface area (Å²) in [5.41, 5.74) is 0. The van der Waals surface area contributed by atoms with Crippen molar-refractivity contribution in [3.05, 3.63) is 58.0 Å². The van der Waals surface area contributed by atoms with Crippen LogP contribution < -0.4 is 4.74 Å². The molecule has 0 saturated carbocycles. The minimum atomic E-state index is -0.428. The molecule has 1 aromatic heterocycles. The molecule has 21 heavy (non-hydrogen) atoms. The standard InChI is InChI=1S/C15H8BrClFNO2/c16-15-11-6-9(2-3-10(11)13(20)7-19-15)21-14-4-1-8(18)5-12(14)17/h1-7,20H. The van der Waals surface area contributed by atoms with Gasteiger partial charge in [0, 0.05) is 10.8 Å². The number of benzene rings is 2. The van der Waals surface area contributed by atoms with Gasteiger partial charge >= 0.3 is 0 Å². The summed E-state index contributed by atoms with van der Waals surface area (Å²) in [7, 11) is 0. The number of aromatic hydroxyl groups is 1. The van der Waals surface area contributed by atoms with E-state index in [-0.39, 0.29) is 10.8 Å². The Morgan fingerprint density at radius 1 is 1.14 bits per heavy atom. The van der Waals surface area contributed by atoms with Crippen LogP contribution in [0.2, 0.25) is 5.02 Å². The van der Waals surface area contributed by atoms with Crippen molar-refractivity contribution in [2.45, 2.75) is 0 Å².